The van der Waals surface area contributed by atoms with E-state index in [2.05, 4.69) is 39.0 Å². The van der Waals surface area contributed by atoms with E-state index in [0.717, 1.165) is 18.5 Å². The van der Waals surface area contributed by atoms with Crippen LogP contribution in [0.2, 0.25) is 0 Å². The predicted molar refractivity (Wildman–Crippen MR) is 87.4 cm³/mol. The molecule has 0 aromatic heterocycles. The highest BCUT2D eigenvalue weighted by atomic mass is 79.9. The number of benzene rings is 1. The first kappa shape index (κ1) is 14.6. The van der Waals surface area contributed by atoms with E-state index >= 15 is 0 Å². The lowest BCUT2D eigenvalue weighted by Crippen LogP contribution is -2.46. The van der Waals surface area contributed by atoms with Gasteiger partial charge < -0.3 is 5.73 Å². The second kappa shape index (κ2) is 6.59. The van der Waals surface area contributed by atoms with Crippen molar-refractivity contribution in [1.29, 1.82) is 0 Å². The number of hydrogen-bond acceptors (Lipinski definition) is 2. The highest BCUT2D eigenvalue weighted by Crippen LogP contribution is 2.36. The van der Waals surface area contributed by atoms with Crippen molar-refractivity contribution in [1.82, 2.24) is 4.90 Å². The molecule has 1 saturated carbocycles. The Balaban J connectivity index is 1.72. The Bertz CT molecular complexity index is 458. The van der Waals surface area contributed by atoms with Gasteiger partial charge in [-0.15, -0.1) is 0 Å². The van der Waals surface area contributed by atoms with E-state index in [1.165, 1.54) is 60.7 Å². The Labute approximate surface area is 130 Å². The summed E-state index contributed by atoms with van der Waals surface area (Å²) in [5.74, 6) is 0.958. The molecule has 1 aliphatic carbocycles. The highest BCUT2D eigenvalue weighted by molar-refractivity contribution is 9.10. The van der Waals surface area contributed by atoms with Gasteiger partial charge in [-0.25, -0.2) is 0 Å². The molecule has 2 fully saturated rings. The number of hydrogen-bond donors (Lipinski definition) is 1. The number of nitrogens with two attached hydrogens (primary N) is 1. The van der Waals surface area contributed by atoms with Crippen LogP contribution in [-0.4, -0.2) is 17.5 Å². The molecule has 1 aromatic carbocycles. The van der Waals surface area contributed by atoms with Crippen molar-refractivity contribution in [2.45, 2.75) is 57.7 Å². The Morgan fingerprint density at radius 3 is 2.75 bits per heavy atom. The van der Waals surface area contributed by atoms with Gasteiger partial charge in [-0.05, 0) is 55.3 Å². The third-order valence-corrected chi connectivity index (χ3v) is 5.82. The lowest BCUT2D eigenvalue weighted by molar-refractivity contribution is 0.0545. The van der Waals surface area contributed by atoms with Gasteiger partial charge >= 0.3 is 0 Å². The molecular weight excluding hydrogens is 312 g/mol. The Morgan fingerprint density at radius 2 is 1.95 bits per heavy atom. The third-order valence-electron chi connectivity index (χ3n) is 5.08. The molecule has 0 spiro atoms. The number of rotatable bonds is 3. The van der Waals surface area contributed by atoms with Gasteiger partial charge in [-0.1, -0.05) is 40.9 Å². The monoisotopic (exact) mass is 336 g/mol. The first-order chi connectivity index (χ1) is 9.78. The van der Waals surface area contributed by atoms with Gasteiger partial charge in [0.2, 0.25) is 0 Å². The molecule has 3 rings (SSSR count). The van der Waals surface area contributed by atoms with E-state index in [9.17, 15) is 0 Å². The van der Waals surface area contributed by atoms with Crippen LogP contribution in [0.15, 0.2) is 22.7 Å². The lowest BCUT2D eigenvalue weighted by atomic mass is 9.78. The molecule has 1 heterocycles. The van der Waals surface area contributed by atoms with Crippen molar-refractivity contribution in [3.63, 3.8) is 0 Å². The van der Waals surface area contributed by atoms with E-state index in [0.29, 0.717) is 6.54 Å². The second-order valence-electron chi connectivity index (χ2n) is 6.35. The van der Waals surface area contributed by atoms with E-state index in [-0.39, 0.29) is 0 Å². The van der Waals surface area contributed by atoms with Gasteiger partial charge in [0, 0.05) is 23.6 Å². The Hall–Kier alpha value is -0.380. The quantitative estimate of drug-likeness (QED) is 0.901. The zero-order valence-electron chi connectivity index (χ0n) is 12.2. The van der Waals surface area contributed by atoms with Crippen LogP contribution < -0.4 is 5.73 Å². The van der Waals surface area contributed by atoms with Crippen LogP contribution in [0, 0.1) is 5.92 Å². The van der Waals surface area contributed by atoms with Gasteiger partial charge in [0.05, 0.1) is 0 Å². The van der Waals surface area contributed by atoms with Crippen molar-refractivity contribution in [3.05, 3.63) is 33.8 Å². The van der Waals surface area contributed by atoms with Gasteiger partial charge in [-0.3, -0.25) is 4.90 Å². The fraction of sp³-hybridized carbons (Fsp3) is 0.647. The third kappa shape index (κ3) is 3.10. The largest absolute Gasteiger partial charge is 0.326 e. The summed E-state index contributed by atoms with van der Waals surface area (Å²) < 4.78 is 1.22. The zero-order chi connectivity index (χ0) is 13.9. The van der Waals surface area contributed by atoms with Crippen LogP contribution in [0.25, 0.3) is 0 Å². The summed E-state index contributed by atoms with van der Waals surface area (Å²) in [6, 6.07) is 7.43. The van der Waals surface area contributed by atoms with E-state index in [1.807, 2.05) is 0 Å². The lowest BCUT2D eigenvalue weighted by Gasteiger charge is -2.44. The van der Waals surface area contributed by atoms with Crippen LogP contribution in [-0.2, 0) is 13.1 Å². The molecule has 0 bridgehead atoms. The zero-order valence-corrected chi connectivity index (χ0v) is 13.7. The van der Waals surface area contributed by atoms with Crippen LogP contribution in [0.1, 0.15) is 49.7 Å². The van der Waals surface area contributed by atoms with Crippen molar-refractivity contribution in [2.24, 2.45) is 11.7 Å². The van der Waals surface area contributed by atoms with Crippen molar-refractivity contribution < 1.29 is 0 Å². The minimum absolute atomic E-state index is 0.618. The molecule has 3 heteroatoms. The summed E-state index contributed by atoms with van der Waals surface area (Å²) in [5, 5.41) is 0. The fourth-order valence-corrected chi connectivity index (χ4v) is 4.54. The first-order valence-electron chi connectivity index (χ1n) is 7.99. The standard InChI is InChI=1S/C17H25BrN2/c18-16-10-13(11-19)7-8-15(16)12-20-9-3-5-14-4-1-2-6-17(14)20/h7-8,10,14,17H,1-6,9,11-12,19H2/t14-,17-/m1/s1. The molecule has 1 saturated heterocycles. The highest BCUT2D eigenvalue weighted by Gasteiger charge is 2.33. The molecule has 2 atom stereocenters. The minimum Gasteiger partial charge on any atom is -0.326 e. The average molecular weight is 337 g/mol. The molecule has 2 N–H and O–H groups in total. The average Bonchev–Trinajstić information content (AvgIpc) is 2.49. The maximum Gasteiger partial charge on any atom is 0.0247 e. The predicted octanol–water partition coefficient (Wildman–Crippen LogP) is 4.06. The number of fused-ring (bicyclic) bond motifs is 1. The topological polar surface area (TPSA) is 29.3 Å². The number of nitrogens with zero attached hydrogens (tertiary/aromatic N) is 1. The van der Waals surface area contributed by atoms with Crippen LogP contribution in [0.4, 0.5) is 0 Å². The van der Waals surface area contributed by atoms with E-state index < -0.39 is 0 Å². The van der Waals surface area contributed by atoms with E-state index in [4.69, 9.17) is 5.73 Å². The summed E-state index contributed by atoms with van der Waals surface area (Å²) in [6.45, 7) is 2.98. The van der Waals surface area contributed by atoms with E-state index in [1.54, 1.807) is 0 Å². The second-order valence-corrected chi connectivity index (χ2v) is 7.21. The normalized spacial score (nSPS) is 27.3. The summed E-state index contributed by atoms with van der Waals surface area (Å²) in [4.78, 5) is 2.73. The Kier molecular flexibility index (Phi) is 4.79. The first-order valence-corrected chi connectivity index (χ1v) is 8.78. The molecular formula is C17H25BrN2. The van der Waals surface area contributed by atoms with Crippen molar-refractivity contribution >= 4 is 15.9 Å². The molecule has 0 unspecified atom stereocenters. The van der Waals surface area contributed by atoms with Gasteiger partial charge in [0.1, 0.15) is 0 Å². The van der Waals surface area contributed by atoms with Crippen molar-refractivity contribution in [3.8, 4) is 0 Å². The molecule has 1 aliphatic heterocycles. The summed E-state index contributed by atoms with van der Waals surface area (Å²) in [6.07, 6.45) is 8.56. The summed E-state index contributed by atoms with van der Waals surface area (Å²) in [7, 11) is 0. The maximum absolute atomic E-state index is 5.71. The molecule has 110 valence electrons. The summed E-state index contributed by atoms with van der Waals surface area (Å²) >= 11 is 3.72. The van der Waals surface area contributed by atoms with Crippen LogP contribution >= 0.6 is 15.9 Å². The SMILES string of the molecule is NCc1ccc(CN2CCC[C@H]3CCCC[C@H]32)c(Br)c1. The maximum atomic E-state index is 5.71. The molecule has 2 aliphatic rings. The number of piperidine rings is 1. The molecule has 0 radical (unpaired) electrons. The Morgan fingerprint density at radius 1 is 1.15 bits per heavy atom. The molecule has 0 amide bonds. The summed E-state index contributed by atoms with van der Waals surface area (Å²) in [5.41, 5.74) is 8.32. The number of likely N-dealkylation sites (tertiary alicyclic amines) is 1. The number of halogens is 1. The molecule has 1 aromatic rings. The van der Waals surface area contributed by atoms with Crippen LogP contribution in [0.5, 0.6) is 0 Å². The van der Waals surface area contributed by atoms with Crippen LogP contribution in [0.3, 0.4) is 0 Å². The van der Waals surface area contributed by atoms with Gasteiger partial charge in [0.15, 0.2) is 0 Å². The van der Waals surface area contributed by atoms with Gasteiger partial charge in [0.25, 0.3) is 0 Å². The fourth-order valence-electron chi connectivity index (χ4n) is 3.99. The smallest absolute Gasteiger partial charge is 0.0247 e. The molecule has 20 heavy (non-hydrogen) atoms. The van der Waals surface area contributed by atoms with Crippen molar-refractivity contribution in [2.75, 3.05) is 6.54 Å². The minimum atomic E-state index is 0.618. The molecule has 2 nitrogen and oxygen atoms in total. The van der Waals surface area contributed by atoms with Gasteiger partial charge in [-0.2, -0.15) is 0 Å².